The van der Waals surface area contributed by atoms with Crippen LogP contribution in [0.5, 0.6) is 0 Å². The molecule has 0 atom stereocenters. The average molecular weight is 329 g/mol. The molecule has 4 nitrogen and oxygen atoms in total. The van der Waals surface area contributed by atoms with E-state index >= 15 is 0 Å². The summed E-state index contributed by atoms with van der Waals surface area (Å²) in [5, 5.41) is 3.69. The van der Waals surface area contributed by atoms with E-state index in [9.17, 15) is 22.8 Å². The number of hydrogen-bond donors (Lipinski definition) is 2. The zero-order valence-corrected chi connectivity index (χ0v) is 11.5. The fourth-order valence-electron chi connectivity index (χ4n) is 1.55. The van der Waals surface area contributed by atoms with Gasteiger partial charge in [-0.25, -0.2) is 13.2 Å². The number of anilines is 2. The van der Waals surface area contributed by atoms with Crippen LogP contribution in [-0.2, 0) is 9.59 Å². The van der Waals surface area contributed by atoms with Crippen molar-refractivity contribution in [3.63, 3.8) is 0 Å². The number of hydrogen-bond acceptors (Lipinski definition) is 2. The molecule has 0 aliphatic heterocycles. The Kier molecular flexibility index (Phi) is 4.67. The molecule has 2 rings (SSSR count). The molecular formula is C14H8ClF3N2O2. The summed E-state index contributed by atoms with van der Waals surface area (Å²) in [5.74, 6) is -5.22. The number of carbonyl (C=O) groups is 2. The lowest BCUT2D eigenvalue weighted by atomic mass is 10.2. The van der Waals surface area contributed by atoms with Crippen molar-refractivity contribution in [1.82, 2.24) is 0 Å². The molecule has 2 aromatic rings. The van der Waals surface area contributed by atoms with Crippen molar-refractivity contribution in [3.05, 3.63) is 58.9 Å². The van der Waals surface area contributed by atoms with Gasteiger partial charge in [-0.3, -0.25) is 9.59 Å². The second-order valence-corrected chi connectivity index (χ2v) is 4.54. The quantitative estimate of drug-likeness (QED) is 0.831. The highest BCUT2D eigenvalue weighted by atomic mass is 35.5. The predicted molar refractivity (Wildman–Crippen MR) is 75.0 cm³/mol. The number of amides is 2. The van der Waals surface area contributed by atoms with Crippen LogP contribution in [-0.4, -0.2) is 11.8 Å². The van der Waals surface area contributed by atoms with Crippen molar-refractivity contribution >= 4 is 34.8 Å². The lowest BCUT2D eigenvalue weighted by molar-refractivity contribution is -0.133. The number of rotatable bonds is 2. The molecule has 2 aromatic carbocycles. The van der Waals surface area contributed by atoms with Crippen molar-refractivity contribution in [3.8, 4) is 0 Å². The third-order valence-electron chi connectivity index (χ3n) is 2.58. The Hall–Kier alpha value is -2.54. The van der Waals surface area contributed by atoms with Crippen LogP contribution in [0.4, 0.5) is 24.5 Å². The standard InChI is InChI=1S/C14H8ClF3N2O2/c15-8-6-7(4-5-9(8)16)19-13(21)14(22)20-12-10(17)2-1-3-11(12)18/h1-6H,(H,19,21)(H,20,22). The van der Waals surface area contributed by atoms with Gasteiger partial charge in [0.15, 0.2) is 0 Å². The zero-order valence-electron chi connectivity index (χ0n) is 10.8. The summed E-state index contributed by atoms with van der Waals surface area (Å²) in [6, 6.07) is 6.22. The summed E-state index contributed by atoms with van der Waals surface area (Å²) in [6.07, 6.45) is 0. The molecule has 0 radical (unpaired) electrons. The first-order chi connectivity index (χ1) is 10.4. The summed E-state index contributed by atoms with van der Waals surface area (Å²) >= 11 is 5.52. The highest BCUT2D eigenvalue weighted by Crippen LogP contribution is 2.20. The molecule has 0 fully saturated rings. The predicted octanol–water partition coefficient (Wildman–Crippen LogP) is 3.33. The number of para-hydroxylation sites is 1. The van der Waals surface area contributed by atoms with Crippen LogP contribution in [0.15, 0.2) is 36.4 Å². The molecule has 0 aromatic heterocycles. The Morgan fingerprint density at radius 3 is 2.05 bits per heavy atom. The lowest BCUT2D eigenvalue weighted by Crippen LogP contribution is -2.29. The van der Waals surface area contributed by atoms with E-state index in [1.807, 2.05) is 5.32 Å². The zero-order chi connectivity index (χ0) is 16.3. The maximum absolute atomic E-state index is 13.4. The van der Waals surface area contributed by atoms with E-state index in [1.165, 1.54) is 6.07 Å². The molecule has 8 heteroatoms. The number of carbonyl (C=O) groups excluding carboxylic acids is 2. The third-order valence-corrected chi connectivity index (χ3v) is 2.87. The van der Waals surface area contributed by atoms with E-state index in [0.29, 0.717) is 0 Å². The molecule has 22 heavy (non-hydrogen) atoms. The summed E-state index contributed by atoms with van der Waals surface area (Å²) in [5.41, 5.74) is -0.680. The van der Waals surface area contributed by atoms with Crippen LogP contribution in [0.3, 0.4) is 0 Å². The monoisotopic (exact) mass is 328 g/mol. The first-order valence-corrected chi connectivity index (χ1v) is 6.27. The van der Waals surface area contributed by atoms with Crippen molar-refractivity contribution in [2.24, 2.45) is 0 Å². The van der Waals surface area contributed by atoms with Gasteiger partial charge in [-0.05, 0) is 30.3 Å². The topological polar surface area (TPSA) is 58.2 Å². The van der Waals surface area contributed by atoms with Crippen molar-refractivity contribution in [2.75, 3.05) is 10.6 Å². The van der Waals surface area contributed by atoms with Gasteiger partial charge < -0.3 is 10.6 Å². The van der Waals surface area contributed by atoms with Gasteiger partial charge in [-0.2, -0.15) is 0 Å². The Morgan fingerprint density at radius 2 is 1.45 bits per heavy atom. The molecule has 0 bridgehead atoms. The Bertz CT molecular complexity index is 733. The summed E-state index contributed by atoms with van der Waals surface area (Å²) in [7, 11) is 0. The minimum absolute atomic E-state index is 0.0561. The lowest BCUT2D eigenvalue weighted by Gasteiger charge is -2.08. The average Bonchev–Trinajstić information content (AvgIpc) is 2.46. The molecule has 2 N–H and O–H groups in total. The van der Waals surface area contributed by atoms with Gasteiger partial charge in [0.2, 0.25) is 0 Å². The molecule has 114 valence electrons. The highest BCUT2D eigenvalue weighted by Gasteiger charge is 2.18. The van der Waals surface area contributed by atoms with Crippen LogP contribution in [0.25, 0.3) is 0 Å². The fourth-order valence-corrected chi connectivity index (χ4v) is 1.73. The molecule has 0 saturated carbocycles. The maximum atomic E-state index is 13.4. The van der Waals surface area contributed by atoms with Crippen molar-refractivity contribution in [1.29, 1.82) is 0 Å². The van der Waals surface area contributed by atoms with Gasteiger partial charge in [-0.1, -0.05) is 17.7 Å². The number of nitrogens with one attached hydrogen (secondary N) is 2. The minimum atomic E-state index is -1.29. The van der Waals surface area contributed by atoms with Crippen LogP contribution >= 0.6 is 11.6 Å². The first-order valence-electron chi connectivity index (χ1n) is 5.90. The molecule has 0 aliphatic rings. The third kappa shape index (κ3) is 3.56. The van der Waals surface area contributed by atoms with E-state index in [0.717, 1.165) is 30.3 Å². The largest absolute Gasteiger partial charge is 0.318 e. The van der Waals surface area contributed by atoms with Gasteiger partial charge in [0.1, 0.15) is 23.1 Å². The number of benzene rings is 2. The van der Waals surface area contributed by atoms with Gasteiger partial charge in [0.05, 0.1) is 5.02 Å². The first kappa shape index (κ1) is 15.8. The summed E-state index contributed by atoms with van der Waals surface area (Å²) in [6.45, 7) is 0. The molecule has 0 saturated heterocycles. The van der Waals surface area contributed by atoms with E-state index in [1.54, 1.807) is 0 Å². The Morgan fingerprint density at radius 1 is 0.864 bits per heavy atom. The fraction of sp³-hybridized carbons (Fsp3) is 0. The van der Waals surface area contributed by atoms with E-state index in [4.69, 9.17) is 11.6 Å². The van der Waals surface area contributed by atoms with E-state index in [2.05, 4.69) is 5.32 Å². The number of halogens is 4. The van der Waals surface area contributed by atoms with Crippen LogP contribution in [0.1, 0.15) is 0 Å². The second-order valence-electron chi connectivity index (χ2n) is 4.13. The SMILES string of the molecule is O=C(Nc1ccc(F)c(Cl)c1)C(=O)Nc1c(F)cccc1F. The normalized spacial score (nSPS) is 10.2. The van der Waals surface area contributed by atoms with Crippen LogP contribution in [0.2, 0.25) is 5.02 Å². The van der Waals surface area contributed by atoms with Crippen molar-refractivity contribution in [2.45, 2.75) is 0 Å². The minimum Gasteiger partial charge on any atom is -0.318 e. The van der Waals surface area contributed by atoms with Crippen LogP contribution in [0, 0.1) is 17.5 Å². The molecular weight excluding hydrogens is 321 g/mol. The highest BCUT2D eigenvalue weighted by molar-refractivity contribution is 6.43. The van der Waals surface area contributed by atoms with E-state index < -0.39 is 35.0 Å². The Balaban J connectivity index is 2.09. The van der Waals surface area contributed by atoms with Gasteiger partial charge in [0.25, 0.3) is 0 Å². The molecule has 0 spiro atoms. The molecule has 0 aliphatic carbocycles. The maximum Gasteiger partial charge on any atom is 0.314 e. The Labute approximate surface area is 127 Å². The molecule has 2 amide bonds. The van der Waals surface area contributed by atoms with E-state index in [-0.39, 0.29) is 10.7 Å². The summed E-state index contributed by atoms with van der Waals surface area (Å²) in [4.78, 5) is 23.2. The van der Waals surface area contributed by atoms with Gasteiger partial charge >= 0.3 is 11.8 Å². The van der Waals surface area contributed by atoms with Gasteiger partial charge in [0, 0.05) is 5.69 Å². The smallest absolute Gasteiger partial charge is 0.314 e. The van der Waals surface area contributed by atoms with Crippen LogP contribution < -0.4 is 10.6 Å². The van der Waals surface area contributed by atoms with Gasteiger partial charge in [-0.15, -0.1) is 0 Å². The summed E-state index contributed by atoms with van der Waals surface area (Å²) < 4.78 is 39.7. The molecule has 0 unspecified atom stereocenters. The molecule has 0 heterocycles. The second kappa shape index (κ2) is 6.48. The van der Waals surface area contributed by atoms with Crippen molar-refractivity contribution < 1.29 is 22.8 Å².